The summed E-state index contributed by atoms with van der Waals surface area (Å²) in [5.41, 5.74) is -0.0286. The van der Waals surface area contributed by atoms with E-state index in [2.05, 4.69) is 5.32 Å². The average Bonchev–Trinajstić information content (AvgIpc) is 2.45. The van der Waals surface area contributed by atoms with Gasteiger partial charge in [-0.1, -0.05) is 30.3 Å². The quantitative estimate of drug-likeness (QED) is 0.857. The zero-order valence-corrected chi connectivity index (χ0v) is 10.4. The Bertz CT molecular complexity index is 594. The van der Waals surface area contributed by atoms with Crippen molar-refractivity contribution in [3.05, 3.63) is 65.7 Å². The van der Waals surface area contributed by atoms with Crippen LogP contribution in [-0.2, 0) is 6.18 Å². The van der Waals surface area contributed by atoms with Gasteiger partial charge in [-0.25, -0.2) is 0 Å². The van der Waals surface area contributed by atoms with Crippen LogP contribution in [0.2, 0.25) is 0 Å². The molecule has 0 saturated carbocycles. The van der Waals surface area contributed by atoms with E-state index in [1.54, 1.807) is 24.3 Å². The van der Waals surface area contributed by atoms with Crippen LogP contribution in [0.5, 0.6) is 0 Å². The number of hydrogen-bond donors (Lipinski definition) is 1. The van der Waals surface area contributed by atoms with Gasteiger partial charge in [0.05, 0.1) is 12.1 Å². The summed E-state index contributed by atoms with van der Waals surface area (Å²) in [6.07, 6.45) is -4.44. The van der Waals surface area contributed by atoms with Gasteiger partial charge in [0.15, 0.2) is 5.78 Å². The minimum Gasteiger partial charge on any atom is -0.378 e. The molecule has 2 rings (SSSR count). The molecule has 0 aliphatic carbocycles. The molecular formula is C15H12F3NO. The van der Waals surface area contributed by atoms with E-state index < -0.39 is 11.7 Å². The number of carbonyl (C=O) groups is 1. The number of ketones is 1. The standard InChI is InChI=1S/C15H12F3NO/c16-15(17,18)12-6-4-5-11(9-12)14(20)10-19-13-7-2-1-3-8-13/h1-9,19H,10H2. The fourth-order valence-corrected chi connectivity index (χ4v) is 1.71. The van der Waals surface area contributed by atoms with Crippen molar-refractivity contribution in [1.29, 1.82) is 0 Å². The normalized spacial score (nSPS) is 11.2. The summed E-state index contributed by atoms with van der Waals surface area (Å²) < 4.78 is 37.7. The van der Waals surface area contributed by atoms with E-state index in [9.17, 15) is 18.0 Å². The van der Waals surface area contributed by atoms with Crippen LogP contribution in [0.1, 0.15) is 15.9 Å². The highest BCUT2D eigenvalue weighted by atomic mass is 19.4. The fraction of sp³-hybridized carbons (Fsp3) is 0.133. The van der Waals surface area contributed by atoms with Crippen LogP contribution < -0.4 is 5.32 Å². The molecule has 0 heterocycles. The number of para-hydroxylation sites is 1. The zero-order chi connectivity index (χ0) is 14.6. The van der Waals surface area contributed by atoms with Gasteiger partial charge in [0, 0.05) is 11.3 Å². The summed E-state index contributed by atoms with van der Waals surface area (Å²) in [6, 6.07) is 13.4. The minimum atomic E-state index is -4.44. The number of benzene rings is 2. The second-order valence-corrected chi connectivity index (χ2v) is 4.22. The van der Waals surface area contributed by atoms with Gasteiger partial charge >= 0.3 is 6.18 Å². The number of halogens is 3. The van der Waals surface area contributed by atoms with E-state index in [0.29, 0.717) is 0 Å². The molecular weight excluding hydrogens is 267 g/mol. The summed E-state index contributed by atoms with van der Waals surface area (Å²) in [7, 11) is 0. The van der Waals surface area contributed by atoms with Gasteiger partial charge in [0.25, 0.3) is 0 Å². The predicted octanol–water partition coefficient (Wildman–Crippen LogP) is 4.00. The largest absolute Gasteiger partial charge is 0.416 e. The molecule has 0 atom stereocenters. The van der Waals surface area contributed by atoms with Crippen LogP contribution in [0.15, 0.2) is 54.6 Å². The Kier molecular flexibility index (Phi) is 4.08. The van der Waals surface area contributed by atoms with Gasteiger partial charge in [-0.2, -0.15) is 13.2 Å². The van der Waals surface area contributed by atoms with Gasteiger partial charge in [-0.3, -0.25) is 4.79 Å². The maximum absolute atomic E-state index is 12.6. The monoisotopic (exact) mass is 279 g/mol. The lowest BCUT2D eigenvalue weighted by Crippen LogP contribution is -2.15. The third kappa shape index (κ3) is 3.60. The lowest BCUT2D eigenvalue weighted by molar-refractivity contribution is -0.137. The second kappa shape index (κ2) is 5.77. The Morgan fingerprint density at radius 2 is 1.70 bits per heavy atom. The maximum atomic E-state index is 12.6. The van der Waals surface area contributed by atoms with Gasteiger partial charge in [-0.05, 0) is 24.3 Å². The van der Waals surface area contributed by atoms with E-state index in [0.717, 1.165) is 17.8 Å². The van der Waals surface area contributed by atoms with Crippen LogP contribution in [0.3, 0.4) is 0 Å². The van der Waals surface area contributed by atoms with Gasteiger partial charge in [0.1, 0.15) is 0 Å². The predicted molar refractivity (Wildman–Crippen MR) is 70.7 cm³/mol. The Balaban J connectivity index is 2.06. The van der Waals surface area contributed by atoms with Crippen LogP contribution >= 0.6 is 0 Å². The maximum Gasteiger partial charge on any atom is 0.416 e. The molecule has 5 heteroatoms. The Morgan fingerprint density at radius 3 is 2.35 bits per heavy atom. The summed E-state index contributed by atoms with van der Waals surface area (Å²) in [4.78, 5) is 11.9. The molecule has 2 aromatic rings. The van der Waals surface area contributed by atoms with Crippen LogP contribution in [-0.4, -0.2) is 12.3 Å². The number of anilines is 1. The molecule has 0 amide bonds. The van der Waals surface area contributed by atoms with Crippen molar-refractivity contribution in [2.24, 2.45) is 0 Å². The first-order valence-electron chi connectivity index (χ1n) is 5.96. The van der Waals surface area contributed by atoms with Gasteiger partial charge in [-0.15, -0.1) is 0 Å². The summed E-state index contributed by atoms with van der Waals surface area (Å²) >= 11 is 0. The molecule has 104 valence electrons. The second-order valence-electron chi connectivity index (χ2n) is 4.22. The highest BCUT2D eigenvalue weighted by molar-refractivity contribution is 5.99. The van der Waals surface area contributed by atoms with Crippen molar-refractivity contribution in [2.75, 3.05) is 11.9 Å². The molecule has 0 spiro atoms. The van der Waals surface area contributed by atoms with Crippen molar-refractivity contribution >= 4 is 11.5 Å². The Hall–Kier alpha value is -2.30. The third-order valence-electron chi connectivity index (χ3n) is 2.74. The van der Waals surface area contributed by atoms with E-state index in [-0.39, 0.29) is 17.9 Å². The number of nitrogens with one attached hydrogen (secondary N) is 1. The molecule has 0 saturated heterocycles. The highest BCUT2D eigenvalue weighted by Gasteiger charge is 2.30. The molecule has 0 radical (unpaired) electrons. The molecule has 0 unspecified atom stereocenters. The molecule has 0 aromatic heterocycles. The van der Waals surface area contributed by atoms with Crippen molar-refractivity contribution in [1.82, 2.24) is 0 Å². The number of rotatable bonds is 4. The Morgan fingerprint density at radius 1 is 1.00 bits per heavy atom. The molecule has 0 bridgehead atoms. The first-order chi connectivity index (χ1) is 9.47. The van der Waals surface area contributed by atoms with Crippen molar-refractivity contribution in [3.63, 3.8) is 0 Å². The third-order valence-corrected chi connectivity index (χ3v) is 2.74. The number of carbonyl (C=O) groups excluding carboxylic acids is 1. The summed E-state index contributed by atoms with van der Waals surface area (Å²) in [5.74, 6) is -0.389. The lowest BCUT2D eigenvalue weighted by Gasteiger charge is -2.09. The van der Waals surface area contributed by atoms with Crippen molar-refractivity contribution in [3.8, 4) is 0 Å². The van der Waals surface area contributed by atoms with Crippen molar-refractivity contribution < 1.29 is 18.0 Å². The fourth-order valence-electron chi connectivity index (χ4n) is 1.71. The highest BCUT2D eigenvalue weighted by Crippen LogP contribution is 2.29. The first-order valence-corrected chi connectivity index (χ1v) is 5.96. The molecule has 20 heavy (non-hydrogen) atoms. The van der Waals surface area contributed by atoms with E-state index in [4.69, 9.17) is 0 Å². The van der Waals surface area contributed by atoms with Gasteiger partial charge in [0.2, 0.25) is 0 Å². The molecule has 1 N–H and O–H groups in total. The minimum absolute atomic E-state index is 0.0447. The van der Waals surface area contributed by atoms with E-state index >= 15 is 0 Å². The van der Waals surface area contributed by atoms with Crippen LogP contribution in [0.25, 0.3) is 0 Å². The molecule has 0 aliphatic heterocycles. The van der Waals surface area contributed by atoms with Gasteiger partial charge < -0.3 is 5.32 Å². The van der Waals surface area contributed by atoms with Crippen LogP contribution in [0.4, 0.5) is 18.9 Å². The first kappa shape index (κ1) is 14.1. The molecule has 2 nitrogen and oxygen atoms in total. The topological polar surface area (TPSA) is 29.1 Å². The van der Waals surface area contributed by atoms with Crippen molar-refractivity contribution in [2.45, 2.75) is 6.18 Å². The SMILES string of the molecule is O=C(CNc1ccccc1)c1cccc(C(F)(F)F)c1. The zero-order valence-electron chi connectivity index (χ0n) is 10.4. The van der Waals surface area contributed by atoms with E-state index in [1.807, 2.05) is 6.07 Å². The molecule has 2 aromatic carbocycles. The average molecular weight is 279 g/mol. The molecule has 0 fully saturated rings. The Labute approximate surface area is 114 Å². The van der Waals surface area contributed by atoms with E-state index in [1.165, 1.54) is 12.1 Å². The van der Waals surface area contributed by atoms with Crippen LogP contribution in [0, 0.1) is 0 Å². The smallest absolute Gasteiger partial charge is 0.378 e. The number of hydrogen-bond acceptors (Lipinski definition) is 2. The molecule has 0 aliphatic rings. The summed E-state index contributed by atoms with van der Waals surface area (Å²) in [5, 5.41) is 2.87. The number of alkyl halides is 3. The lowest BCUT2D eigenvalue weighted by atomic mass is 10.1. The summed E-state index contributed by atoms with van der Waals surface area (Å²) in [6.45, 7) is -0.0503. The number of Topliss-reactive ketones (excluding diaryl/α,β-unsaturated/α-hetero) is 1.